The van der Waals surface area contributed by atoms with Crippen molar-refractivity contribution in [1.29, 1.82) is 0 Å². The molecule has 2 aromatic carbocycles. The van der Waals surface area contributed by atoms with Crippen molar-refractivity contribution in [3.8, 4) is 11.5 Å². The molecule has 0 amide bonds. The summed E-state index contributed by atoms with van der Waals surface area (Å²) in [6, 6.07) is 7.89. The second-order valence-electron chi connectivity index (χ2n) is 9.47. The highest BCUT2D eigenvalue weighted by molar-refractivity contribution is 5.66. The first-order valence-electron chi connectivity index (χ1n) is 9.18. The van der Waals surface area contributed by atoms with Crippen LogP contribution in [0, 0.1) is 13.8 Å². The van der Waals surface area contributed by atoms with Crippen LogP contribution in [0.3, 0.4) is 0 Å². The number of rotatable bonds is 0. The molecule has 2 aliphatic carbocycles. The van der Waals surface area contributed by atoms with Gasteiger partial charge in [0.2, 0.25) is 0 Å². The Hall–Kier alpha value is -1.96. The monoisotopic (exact) mass is 336 g/mol. The van der Waals surface area contributed by atoms with Crippen LogP contribution >= 0.6 is 0 Å². The summed E-state index contributed by atoms with van der Waals surface area (Å²) in [5.41, 5.74) is 7.21. The van der Waals surface area contributed by atoms with Gasteiger partial charge in [-0.3, -0.25) is 0 Å². The van der Waals surface area contributed by atoms with E-state index in [0.29, 0.717) is 11.5 Å². The van der Waals surface area contributed by atoms with E-state index in [4.69, 9.17) is 0 Å². The third-order valence-electron chi connectivity index (χ3n) is 6.78. The first-order valence-corrected chi connectivity index (χ1v) is 9.18. The average molecular weight is 336 g/mol. The lowest BCUT2D eigenvalue weighted by atomic mass is 9.70. The van der Waals surface area contributed by atoms with Crippen LogP contribution in [0.5, 0.6) is 11.5 Å². The number of hydrogen-bond donors (Lipinski definition) is 2. The Morgan fingerprint density at radius 2 is 1.04 bits per heavy atom. The molecule has 0 heterocycles. The molecule has 0 unspecified atom stereocenters. The van der Waals surface area contributed by atoms with Gasteiger partial charge in [-0.15, -0.1) is 0 Å². The van der Waals surface area contributed by atoms with Crippen LogP contribution in [0.15, 0.2) is 24.3 Å². The van der Waals surface area contributed by atoms with Gasteiger partial charge in [-0.2, -0.15) is 0 Å². The maximum Gasteiger partial charge on any atom is 0.118 e. The predicted molar refractivity (Wildman–Crippen MR) is 102 cm³/mol. The number of phenols is 2. The number of phenolic OH excluding ortho intramolecular Hbond substituents is 2. The van der Waals surface area contributed by atoms with Crippen molar-refractivity contribution in [3.63, 3.8) is 0 Å². The fourth-order valence-corrected chi connectivity index (χ4v) is 6.00. The summed E-state index contributed by atoms with van der Waals surface area (Å²) in [6.45, 7) is 13.3. The Balaban J connectivity index is 2.14. The molecule has 1 spiro atoms. The van der Waals surface area contributed by atoms with E-state index in [1.165, 1.54) is 22.3 Å². The van der Waals surface area contributed by atoms with Gasteiger partial charge < -0.3 is 10.2 Å². The highest BCUT2D eigenvalue weighted by Crippen LogP contribution is 2.65. The van der Waals surface area contributed by atoms with Gasteiger partial charge in [0.15, 0.2) is 0 Å². The topological polar surface area (TPSA) is 40.5 Å². The van der Waals surface area contributed by atoms with Crippen LogP contribution < -0.4 is 0 Å². The summed E-state index contributed by atoms with van der Waals surface area (Å²) < 4.78 is 0. The second kappa shape index (κ2) is 4.60. The van der Waals surface area contributed by atoms with Gasteiger partial charge in [-0.05, 0) is 83.0 Å². The normalized spacial score (nSPS) is 21.4. The summed E-state index contributed by atoms with van der Waals surface area (Å²) in [5, 5.41) is 20.9. The zero-order valence-electron chi connectivity index (χ0n) is 16.1. The third kappa shape index (κ3) is 1.91. The van der Waals surface area contributed by atoms with Crippen molar-refractivity contribution in [2.24, 2.45) is 0 Å². The number of fused-ring (bicyclic) bond motifs is 4. The molecule has 2 aromatic rings. The molecule has 0 fully saturated rings. The van der Waals surface area contributed by atoms with Crippen molar-refractivity contribution < 1.29 is 10.2 Å². The average Bonchev–Trinajstić information content (AvgIpc) is 2.86. The van der Waals surface area contributed by atoms with Crippen molar-refractivity contribution in [2.75, 3.05) is 0 Å². The van der Waals surface area contributed by atoms with Crippen LogP contribution in [-0.4, -0.2) is 10.2 Å². The summed E-state index contributed by atoms with van der Waals surface area (Å²) in [6.07, 6.45) is 2.03. The van der Waals surface area contributed by atoms with E-state index in [1.54, 1.807) is 0 Å². The van der Waals surface area contributed by atoms with Crippen LogP contribution in [0.25, 0.3) is 0 Å². The molecule has 2 nitrogen and oxygen atoms in total. The molecule has 132 valence electrons. The smallest absolute Gasteiger partial charge is 0.118 e. The zero-order valence-corrected chi connectivity index (χ0v) is 16.1. The Bertz CT molecular complexity index is 827. The minimum absolute atomic E-state index is 0.0450. The zero-order chi connectivity index (χ0) is 18.4. The molecular formula is C23H28O2. The fourth-order valence-electron chi connectivity index (χ4n) is 6.00. The lowest BCUT2D eigenvalue weighted by Crippen LogP contribution is -2.28. The molecule has 0 saturated heterocycles. The Labute approximate surface area is 150 Å². The van der Waals surface area contributed by atoms with Crippen molar-refractivity contribution in [1.82, 2.24) is 0 Å². The Morgan fingerprint density at radius 1 is 0.680 bits per heavy atom. The molecule has 0 saturated carbocycles. The quantitative estimate of drug-likeness (QED) is 0.679. The van der Waals surface area contributed by atoms with Crippen molar-refractivity contribution >= 4 is 0 Å². The van der Waals surface area contributed by atoms with E-state index in [9.17, 15) is 10.2 Å². The Kier molecular flexibility index (Phi) is 3.04. The second-order valence-corrected chi connectivity index (χ2v) is 9.47. The van der Waals surface area contributed by atoms with Gasteiger partial charge in [-0.25, -0.2) is 0 Å². The van der Waals surface area contributed by atoms with Crippen LogP contribution in [-0.2, 0) is 16.2 Å². The molecule has 0 aliphatic heterocycles. The first kappa shape index (κ1) is 16.5. The highest BCUT2D eigenvalue weighted by Gasteiger charge is 2.57. The van der Waals surface area contributed by atoms with E-state index in [0.717, 1.165) is 24.0 Å². The predicted octanol–water partition coefficient (Wildman–Crippen LogP) is 5.36. The van der Waals surface area contributed by atoms with Gasteiger partial charge in [0, 0.05) is 5.41 Å². The molecule has 2 heteroatoms. The van der Waals surface area contributed by atoms with E-state index in [1.807, 2.05) is 26.0 Å². The maximum atomic E-state index is 10.4. The van der Waals surface area contributed by atoms with Crippen molar-refractivity contribution in [2.45, 2.75) is 70.6 Å². The van der Waals surface area contributed by atoms with E-state index in [-0.39, 0.29) is 16.2 Å². The van der Waals surface area contributed by atoms with E-state index < -0.39 is 0 Å². The number of hydrogen-bond acceptors (Lipinski definition) is 2. The lowest BCUT2D eigenvalue weighted by Gasteiger charge is -2.32. The van der Waals surface area contributed by atoms with Crippen LogP contribution in [0.4, 0.5) is 0 Å². The summed E-state index contributed by atoms with van der Waals surface area (Å²) in [5.74, 6) is 0.750. The minimum atomic E-state index is -0.136. The number of aromatic hydroxyl groups is 2. The van der Waals surface area contributed by atoms with E-state index >= 15 is 0 Å². The third-order valence-corrected chi connectivity index (χ3v) is 6.78. The SMILES string of the molecule is Cc1c(O)ccc2c1C1(CC2(C)C)CC(C)(C)c2ccc(O)c(C)c21. The molecule has 0 atom stereocenters. The summed E-state index contributed by atoms with van der Waals surface area (Å²) in [7, 11) is 0. The maximum absolute atomic E-state index is 10.4. The lowest BCUT2D eigenvalue weighted by molar-refractivity contribution is 0.347. The first-order chi connectivity index (χ1) is 11.5. The minimum Gasteiger partial charge on any atom is -0.508 e. The standard InChI is InChI=1S/C23H28O2/c1-13-17(24)9-7-15-19(13)23(11-21(15,3)4)12-22(5,6)16-8-10-18(25)14(2)20(16)23/h7-10,24-25H,11-12H2,1-6H3. The molecule has 4 rings (SSSR count). The van der Waals surface area contributed by atoms with Gasteiger partial charge in [0.1, 0.15) is 11.5 Å². The van der Waals surface area contributed by atoms with Crippen LogP contribution in [0.1, 0.15) is 73.9 Å². The molecule has 25 heavy (non-hydrogen) atoms. The van der Waals surface area contributed by atoms with E-state index in [2.05, 4.69) is 39.8 Å². The summed E-state index contributed by atoms with van der Waals surface area (Å²) >= 11 is 0. The van der Waals surface area contributed by atoms with Gasteiger partial charge in [0.25, 0.3) is 0 Å². The van der Waals surface area contributed by atoms with Crippen LogP contribution in [0.2, 0.25) is 0 Å². The summed E-state index contributed by atoms with van der Waals surface area (Å²) in [4.78, 5) is 0. The number of benzene rings is 2. The molecule has 0 aromatic heterocycles. The Morgan fingerprint density at radius 3 is 1.40 bits per heavy atom. The van der Waals surface area contributed by atoms with Gasteiger partial charge >= 0.3 is 0 Å². The largest absolute Gasteiger partial charge is 0.508 e. The molecular weight excluding hydrogens is 308 g/mol. The molecule has 0 radical (unpaired) electrons. The fraction of sp³-hybridized carbons (Fsp3) is 0.478. The molecule has 2 aliphatic rings. The van der Waals surface area contributed by atoms with Gasteiger partial charge in [0.05, 0.1) is 0 Å². The molecule has 2 N–H and O–H groups in total. The van der Waals surface area contributed by atoms with Crippen molar-refractivity contribution in [3.05, 3.63) is 57.6 Å². The highest BCUT2D eigenvalue weighted by atomic mass is 16.3. The van der Waals surface area contributed by atoms with Gasteiger partial charge in [-0.1, -0.05) is 39.8 Å². The molecule has 0 bridgehead atoms.